The van der Waals surface area contributed by atoms with Crippen molar-refractivity contribution in [3.8, 4) is 22.8 Å². The molecule has 1 amide bonds. The third-order valence-electron chi connectivity index (χ3n) is 3.84. The minimum atomic E-state index is -0.268. The first kappa shape index (κ1) is 16.9. The second kappa shape index (κ2) is 7.39. The molecular weight excluding hydrogens is 368 g/mol. The zero-order valence-corrected chi connectivity index (χ0v) is 15.6. The normalized spacial score (nSPS) is 13.4. The highest BCUT2D eigenvalue weighted by atomic mass is 32.2. The topological polar surface area (TPSA) is 60.5 Å². The molecule has 4 rings (SSSR count). The number of thiazole rings is 1. The Hall–Kier alpha value is -2.51. The van der Waals surface area contributed by atoms with Gasteiger partial charge < -0.3 is 14.8 Å². The van der Waals surface area contributed by atoms with E-state index in [-0.39, 0.29) is 18.0 Å². The summed E-state index contributed by atoms with van der Waals surface area (Å²) < 4.78 is 11.5. The van der Waals surface area contributed by atoms with Crippen molar-refractivity contribution in [1.29, 1.82) is 0 Å². The third kappa shape index (κ3) is 3.68. The summed E-state index contributed by atoms with van der Waals surface area (Å²) in [5.41, 5.74) is 2.70. The highest BCUT2D eigenvalue weighted by Gasteiger charge is 2.19. The fourth-order valence-corrected chi connectivity index (χ4v) is 4.45. The van der Waals surface area contributed by atoms with Crippen LogP contribution in [0.2, 0.25) is 0 Å². The Balaban J connectivity index is 1.39. The van der Waals surface area contributed by atoms with Crippen LogP contribution >= 0.6 is 23.1 Å². The van der Waals surface area contributed by atoms with E-state index in [0.717, 1.165) is 15.6 Å². The van der Waals surface area contributed by atoms with E-state index in [1.165, 1.54) is 11.8 Å². The maximum atomic E-state index is 12.5. The van der Waals surface area contributed by atoms with Crippen LogP contribution in [0.1, 0.15) is 6.92 Å². The average molecular weight is 384 g/mol. The van der Waals surface area contributed by atoms with E-state index in [2.05, 4.69) is 10.3 Å². The molecule has 0 bridgehead atoms. The number of amides is 1. The van der Waals surface area contributed by atoms with Crippen LogP contribution in [0.25, 0.3) is 11.3 Å². The van der Waals surface area contributed by atoms with Crippen molar-refractivity contribution in [2.75, 3.05) is 12.1 Å². The van der Waals surface area contributed by atoms with Crippen molar-refractivity contribution >= 4 is 34.7 Å². The highest BCUT2D eigenvalue weighted by Crippen LogP contribution is 2.35. The van der Waals surface area contributed by atoms with E-state index in [9.17, 15) is 4.79 Å². The molecule has 3 aromatic rings. The molecule has 0 fully saturated rings. The maximum absolute atomic E-state index is 12.5. The lowest BCUT2D eigenvalue weighted by molar-refractivity contribution is -0.115. The monoisotopic (exact) mass is 384 g/mol. The number of carbonyl (C=O) groups excluding carboxylic acids is 1. The smallest absolute Gasteiger partial charge is 0.237 e. The fraction of sp³-hybridized carbons (Fsp3) is 0.158. The minimum absolute atomic E-state index is 0.0784. The van der Waals surface area contributed by atoms with Gasteiger partial charge in [-0.15, -0.1) is 11.3 Å². The average Bonchev–Trinajstić information content (AvgIpc) is 3.31. The molecule has 26 heavy (non-hydrogen) atoms. The molecule has 0 aliphatic carbocycles. The van der Waals surface area contributed by atoms with Gasteiger partial charge in [0.25, 0.3) is 0 Å². The van der Waals surface area contributed by atoms with Gasteiger partial charge in [-0.1, -0.05) is 42.1 Å². The van der Waals surface area contributed by atoms with E-state index in [4.69, 9.17) is 9.47 Å². The van der Waals surface area contributed by atoms with Crippen molar-refractivity contribution in [2.45, 2.75) is 16.5 Å². The van der Waals surface area contributed by atoms with Crippen molar-refractivity contribution in [2.24, 2.45) is 0 Å². The van der Waals surface area contributed by atoms with Crippen molar-refractivity contribution < 1.29 is 14.3 Å². The van der Waals surface area contributed by atoms with Crippen LogP contribution in [-0.2, 0) is 4.79 Å². The van der Waals surface area contributed by atoms with E-state index < -0.39 is 0 Å². The zero-order valence-electron chi connectivity index (χ0n) is 14.0. The SMILES string of the molecule is C[C@@H](Sc1nc(-c2ccccc2)cs1)C(=O)Nc1ccc2c(c1)OCO2. The summed E-state index contributed by atoms with van der Waals surface area (Å²) in [4.78, 5) is 17.1. The number of nitrogens with one attached hydrogen (secondary N) is 1. The van der Waals surface area contributed by atoms with E-state index in [0.29, 0.717) is 17.2 Å². The Morgan fingerprint density at radius 2 is 2.00 bits per heavy atom. The summed E-state index contributed by atoms with van der Waals surface area (Å²) in [5, 5.41) is 4.66. The number of anilines is 1. The summed E-state index contributed by atoms with van der Waals surface area (Å²) in [6, 6.07) is 15.4. The first-order valence-electron chi connectivity index (χ1n) is 8.07. The van der Waals surface area contributed by atoms with Gasteiger partial charge in [0.15, 0.2) is 15.8 Å². The fourth-order valence-electron chi connectivity index (χ4n) is 2.48. The summed E-state index contributed by atoms with van der Waals surface area (Å²) in [5.74, 6) is 1.27. The lowest BCUT2D eigenvalue weighted by Crippen LogP contribution is -2.22. The second-order valence-electron chi connectivity index (χ2n) is 5.68. The number of carbonyl (C=O) groups is 1. The van der Waals surface area contributed by atoms with Crippen LogP contribution in [0.3, 0.4) is 0 Å². The number of benzene rings is 2. The first-order valence-corrected chi connectivity index (χ1v) is 9.83. The molecule has 0 radical (unpaired) electrons. The Bertz CT molecular complexity index is 928. The number of nitrogens with zero attached hydrogens (tertiary/aromatic N) is 1. The molecule has 1 aliphatic rings. The molecule has 0 saturated carbocycles. The number of thioether (sulfide) groups is 1. The predicted octanol–water partition coefficient (Wildman–Crippen LogP) is 4.66. The summed E-state index contributed by atoms with van der Waals surface area (Å²) in [6.45, 7) is 2.09. The third-order valence-corrected chi connectivity index (χ3v) is 5.91. The largest absolute Gasteiger partial charge is 0.454 e. The number of fused-ring (bicyclic) bond motifs is 1. The van der Waals surface area contributed by atoms with Gasteiger partial charge in [0.2, 0.25) is 12.7 Å². The number of rotatable bonds is 5. The summed E-state index contributed by atoms with van der Waals surface area (Å²) in [6.07, 6.45) is 0. The van der Waals surface area contributed by atoms with Gasteiger partial charge in [0.1, 0.15) is 0 Å². The molecule has 1 aliphatic heterocycles. The molecule has 2 heterocycles. The van der Waals surface area contributed by atoms with Gasteiger partial charge in [-0.25, -0.2) is 4.98 Å². The van der Waals surface area contributed by atoms with E-state index in [1.807, 2.05) is 42.6 Å². The quantitative estimate of drug-likeness (QED) is 0.649. The van der Waals surface area contributed by atoms with Crippen molar-refractivity contribution in [3.63, 3.8) is 0 Å². The van der Waals surface area contributed by atoms with Gasteiger partial charge in [0, 0.05) is 22.7 Å². The minimum Gasteiger partial charge on any atom is -0.454 e. The Kier molecular flexibility index (Phi) is 4.81. The number of hydrogen-bond acceptors (Lipinski definition) is 6. The zero-order chi connectivity index (χ0) is 17.9. The van der Waals surface area contributed by atoms with Gasteiger partial charge in [-0.3, -0.25) is 4.79 Å². The van der Waals surface area contributed by atoms with Crippen LogP contribution in [0.5, 0.6) is 11.5 Å². The van der Waals surface area contributed by atoms with Gasteiger partial charge in [0.05, 0.1) is 10.9 Å². The Labute approximate surface area is 159 Å². The Morgan fingerprint density at radius 3 is 2.85 bits per heavy atom. The molecule has 0 spiro atoms. The van der Waals surface area contributed by atoms with Crippen LogP contribution < -0.4 is 14.8 Å². The maximum Gasteiger partial charge on any atom is 0.237 e. The lowest BCUT2D eigenvalue weighted by atomic mass is 10.2. The van der Waals surface area contributed by atoms with Crippen LogP contribution in [-0.4, -0.2) is 22.9 Å². The van der Waals surface area contributed by atoms with Crippen LogP contribution in [0.15, 0.2) is 58.3 Å². The van der Waals surface area contributed by atoms with Crippen LogP contribution in [0, 0.1) is 0 Å². The lowest BCUT2D eigenvalue weighted by Gasteiger charge is -2.11. The molecule has 0 unspecified atom stereocenters. The molecule has 1 N–H and O–H groups in total. The molecule has 7 heteroatoms. The number of ether oxygens (including phenoxy) is 2. The highest BCUT2D eigenvalue weighted by molar-refractivity contribution is 8.02. The summed E-state index contributed by atoms with van der Waals surface area (Å²) >= 11 is 3.00. The van der Waals surface area contributed by atoms with Gasteiger partial charge >= 0.3 is 0 Å². The van der Waals surface area contributed by atoms with Gasteiger partial charge in [-0.2, -0.15) is 0 Å². The van der Waals surface area contributed by atoms with Gasteiger partial charge in [-0.05, 0) is 19.1 Å². The number of aromatic nitrogens is 1. The Morgan fingerprint density at radius 1 is 1.19 bits per heavy atom. The van der Waals surface area contributed by atoms with E-state index in [1.54, 1.807) is 29.5 Å². The molecule has 132 valence electrons. The van der Waals surface area contributed by atoms with Crippen molar-refractivity contribution in [3.05, 3.63) is 53.9 Å². The first-order chi connectivity index (χ1) is 12.7. The molecule has 2 aromatic carbocycles. The van der Waals surface area contributed by atoms with E-state index >= 15 is 0 Å². The van der Waals surface area contributed by atoms with Crippen LogP contribution in [0.4, 0.5) is 5.69 Å². The molecule has 1 atom stereocenters. The molecule has 5 nitrogen and oxygen atoms in total. The number of hydrogen-bond donors (Lipinski definition) is 1. The molecular formula is C19H16N2O3S2. The van der Waals surface area contributed by atoms with Crippen molar-refractivity contribution in [1.82, 2.24) is 4.98 Å². The second-order valence-corrected chi connectivity index (χ2v) is 8.13. The molecule has 0 saturated heterocycles. The standard InChI is InChI=1S/C19H16N2O3S2/c1-12(18(22)20-14-7-8-16-17(9-14)24-11-23-16)26-19-21-15(10-25-19)13-5-3-2-4-6-13/h2-10,12H,11H2,1H3,(H,20,22)/t12-/m1/s1. The molecule has 1 aromatic heterocycles. The predicted molar refractivity (Wildman–Crippen MR) is 104 cm³/mol. The summed E-state index contributed by atoms with van der Waals surface area (Å²) in [7, 11) is 0.